The second-order valence-electron chi connectivity index (χ2n) is 7.76. The fourth-order valence-electron chi connectivity index (χ4n) is 3.73. The van der Waals surface area contributed by atoms with E-state index in [4.69, 9.17) is 10.5 Å². The molecule has 14 heteroatoms. The van der Waals surface area contributed by atoms with Gasteiger partial charge in [-0.25, -0.2) is 23.4 Å². The number of aliphatic hydroxyl groups excluding tert-OH is 1. The van der Waals surface area contributed by atoms with Crippen molar-refractivity contribution in [1.29, 1.82) is 0 Å². The number of nitrogen functional groups attached to an aromatic ring is 1. The lowest BCUT2D eigenvalue weighted by atomic mass is 9.83. The Morgan fingerprint density at radius 1 is 1.26 bits per heavy atom. The van der Waals surface area contributed by atoms with Crippen LogP contribution in [0.2, 0.25) is 0 Å². The number of benzene rings is 1. The minimum Gasteiger partial charge on any atom is -0.417 e. The lowest BCUT2D eigenvalue weighted by molar-refractivity contribution is -0.155. The fraction of sp³-hybridized carbons (Fsp3) is 0.333. The van der Waals surface area contributed by atoms with Gasteiger partial charge in [0, 0.05) is 24.3 Å². The molecule has 0 bridgehead atoms. The molecular formula is C21H20F4N6O4. The normalized spacial score (nSPS) is 18.0. The summed E-state index contributed by atoms with van der Waals surface area (Å²) in [6.45, 7) is -0.422. The standard InChI is InChI=1S/C21H20F4N6O4/c1-3-34-19(33)21(2)14-15(26)27-16(28-17(14)29-18(21)32)12-7-13(35-20(24)25)31(30-12)8-9-4-5-10(22)6-11(9)23/h4-7,19-20,33H,3,8H2,1-2H3,(H3,26,27,28,29,32). The molecule has 0 spiro atoms. The number of nitrogens with zero attached hydrogens (tertiary/aromatic N) is 4. The summed E-state index contributed by atoms with van der Waals surface area (Å²) >= 11 is 0. The zero-order valence-electron chi connectivity index (χ0n) is 18.4. The SMILES string of the molecule is CCOC(O)C1(C)C(=O)Nc2nc(-c3cc(OC(F)F)n(Cc4ccc(F)cc4F)n3)nc(N)c21. The van der Waals surface area contributed by atoms with E-state index in [2.05, 4.69) is 25.1 Å². The molecule has 186 valence electrons. The largest absolute Gasteiger partial charge is 0.417 e. The molecule has 1 aromatic carbocycles. The molecule has 0 aliphatic carbocycles. The summed E-state index contributed by atoms with van der Waals surface area (Å²) in [6.07, 6.45) is -1.54. The molecule has 35 heavy (non-hydrogen) atoms. The van der Waals surface area contributed by atoms with Crippen molar-refractivity contribution in [3.63, 3.8) is 0 Å². The number of ether oxygens (including phenoxy) is 2. The Bertz CT molecular complexity index is 1290. The monoisotopic (exact) mass is 496 g/mol. The molecule has 1 amide bonds. The Balaban J connectivity index is 1.75. The van der Waals surface area contributed by atoms with Gasteiger partial charge in [0.1, 0.15) is 34.4 Å². The summed E-state index contributed by atoms with van der Waals surface area (Å²) in [4.78, 5) is 21.0. The lowest BCUT2D eigenvalue weighted by Crippen LogP contribution is -2.44. The molecule has 3 aromatic rings. The number of aliphatic hydroxyl groups is 1. The highest BCUT2D eigenvalue weighted by molar-refractivity contribution is 6.07. The van der Waals surface area contributed by atoms with Crippen LogP contribution >= 0.6 is 0 Å². The van der Waals surface area contributed by atoms with Crippen molar-refractivity contribution in [2.24, 2.45) is 0 Å². The molecule has 2 aromatic heterocycles. The molecule has 1 aliphatic heterocycles. The number of aromatic nitrogens is 4. The van der Waals surface area contributed by atoms with E-state index in [1.165, 1.54) is 6.92 Å². The third-order valence-corrected chi connectivity index (χ3v) is 5.50. The third-order valence-electron chi connectivity index (χ3n) is 5.50. The van der Waals surface area contributed by atoms with E-state index in [1.807, 2.05) is 0 Å². The smallest absolute Gasteiger partial charge is 0.388 e. The fourth-order valence-corrected chi connectivity index (χ4v) is 3.73. The molecule has 0 radical (unpaired) electrons. The number of hydrogen-bond donors (Lipinski definition) is 3. The third kappa shape index (κ3) is 4.37. The number of rotatable bonds is 8. The summed E-state index contributed by atoms with van der Waals surface area (Å²) in [5, 5.41) is 17.0. The van der Waals surface area contributed by atoms with Crippen LogP contribution in [0.25, 0.3) is 11.5 Å². The van der Waals surface area contributed by atoms with E-state index in [0.29, 0.717) is 6.07 Å². The predicted molar refractivity (Wildman–Crippen MR) is 113 cm³/mol. The zero-order valence-corrected chi connectivity index (χ0v) is 18.4. The van der Waals surface area contributed by atoms with E-state index >= 15 is 0 Å². The van der Waals surface area contributed by atoms with Gasteiger partial charge in [0.05, 0.1) is 12.1 Å². The molecule has 4 rings (SSSR count). The first-order chi connectivity index (χ1) is 16.5. The highest BCUT2D eigenvalue weighted by Gasteiger charge is 2.52. The minimum atomic E-state index is -3.22. The quantitative estimate of drug-likeness (QED) is 0.319. The van der Waals surface area contributed by atoms with Crippen LogP contribution < -0.4 is 15.8 Å². The van der Waals surface area contributed by atoms with Crippen molar-refractivity contribution in [3.8, 4) is 17.4 Å². The van der Waals surface area contributed by atoms with Crippen molar-refractivity contribution >= 4 is 17.5 Å². The molecule has 2 atom stereocenters. The topological polar surface area (TPSA) is 137 Å². The first-order valence-electron chi connectivity index (χ1n) is 10.3. The molecule has 4 N–H and O–H groups in total. The van der Waals surface area contributed by atoms with Crippen LogP contribution in [-0.2, 0) is 21.5 Å². The Morgan fingerprint density at radius 3 is 2.66 bits per heavy atom. The van der Waals surface area contributed by atoms with Crippen LogP contribution in [0.1, 0.15) is 25.0 Å². The van der Waals surface area contributed by atoms with Gasteiger partial charge in [0.25, 0.3) is 0 Å². The zero-order chi connectivity index (χ0) is 25.5. The van der Waals surface area contributed by atoms with Crippen LogP contribution in [-0.4, -0.2) is 50.3 Å². The van der Waals surface area contributed by atoms with Crippen LogP contribution in [0.5, 0.6) is 5.88 Å². The highest BCUT2D eigenvalue weighted by Crippen LogP contribution is 2.43. The molecule has 1 aliphatic rings. The number of halogens is 4. The molecule has 3 heterocycles. The first kappa shape index (κ1) is 24.3. The second kappa shape index (κ2) is 9.11. The number of nitrogens with two attached hydrogens (primary N) is 1. The molecule has 0 fully saturated rings. The van der Waals surface area contributed by atoms with Gasteiger partial charge in [-0.3, -0.25) is 4.79 Å². The molecule has 10 nitrogen and oxygen atoms in total. The highest BCUT2D eigenvalue weighted by atomic mass is 19.3. The van der Waals surface area contributed by atoms with Gasteiger partial charge in [-0.2, -0.15) is 13.9 Å². The van der Waals surface area contributed by atoms with Gasteiger partial charge in [0.15, 0.2) is 12.1 Å². The summed E-state index contributed by atoms with van der Waals surface area (Å²) in [5.74, 6) is -3.14. The lowest BCUT2D eigenvalue weighted by Gasteiger charge is -2.28. The average Bonchev–Trinajstić information content (AvgIpc) is 3.28. The molecular weight excluding hydrogens is 476 g/mol. The Morgan fingerprint density at radius 2 is 2.00 bits per heavy atom. The predicted octanol–water partition coefficient (Wildman–Crippen LogP) is 2.41. The minimum absolute atomic E-state index is 0.0192. The van der Waals surface area contributed by atoms with Crippen molar-refractivity contribution in [1.82, 2.24) is 19.7 Å². The van der Waals surface area contributed by atoms with Crippen molar-refractivity contribution in [2.45, 2.75) is 38.7 Å². The number of carbonyl (C=O) groups excluding carboxylic acids is 1. The Hall–Kier alpha value is -3.78. The number of fused-ring (bicyclic) bond motifs is 1. The first-order valence-corrected chi connectivity index (χ1v) is 10.3. The second-order valence-corrected chi connectivity index (χ2v) is 7.76. The molecule has 2 unspecified atom stereocenters. The van der Waals surface area contributed by atoms with Gasteiger partial charge in [-0.1, -0.05) is 6.07 Å². The van der Waals surface area contributed by atoms with E-state index < -0.39 is 41.7 Å². The van der Waals surface area contributed by atoms with Crippen molar-refractivity contribution in [3.05, 3.63) is 47.0 Å². The average molecular weight is 496 g/mol. The number of anilines is 2. The van der Waals surface area contributed by atoms with Crippen LogP contribution in [0.4, 0.5) is 29.2 Å². The summed E-state index contributed by atoms with van der Waals surface area (Å²) in [7, 11) is 0. The summed E-state index contributed by atoms with van der Waals surface area (Å²) in [5.41, 5.74) is 4.47. The number of hydrogen-bond acceptors (Lipinski definition) is 8. The molecule has 0 saturated heterocycles. The van der Waals surface area contributed by atoms with Gasteiger partial charge >= 0.3 is 6.61 Å². The number of amides is 1. The van der Waals surface area contributed by atoms with Gasteiger partial charge in [-0.05, 0) is 19.9 Å². The van der Waals surface area contributed by atoms with E-state index in [9.17, 15) is 27.5 Å². The maximum atomic E-state index is 14.1. The van der Waals surface area contributed by atoms with E-state index in [-0.39, 0.29) is 47.4 Å². The van der Waals surface area contributed by atoms with Crippen molar-refractivity contribution < 1.29 is 36.9 Å². The van der Waals surface area contributed by atoms with E-state index in [1.54, 1.807) is 6.92 Å². The van der Waals surface area contributed by atoms with Crippen LogP contribution in [0.3, 0.4) is 0 Å². The van der Waals surface area contributed by atoms with Gasteiger partial charge in [-0.15, -0.1) is 0 Å². The Kier molecular flexibility index (Phi) is 6.34. The van der Waals surface area contributed by atoms with E-state index in [0.717, 1.165) is 22.9 Å². The van der Waals surface area contributed by atoms with Crippen LogP contribution in [0.15, 0.2) is 24.3 Å². The maximum absolute atomic E-state index is 14.1. The number of carbonyl (C=O) groups is 1. The maximum Gasteiger partial charge on any atom is 0.388 e. The van der Waals surface area contributed by atoms with Gasteiger partial charge < -0.3 is 25.6 Å². The number of nitrogens with one attached hydrogen (secondary N) is 1. The van der Waals surface area contributed by atoms with Crippen LogP contribution in [0, 0.1) is 11.6 Å². The summed E-state index contributed by atoms with van der Waals surface area (Å²) < 4.78 is 63.9. The summed E-state index contributed by atoms with van der Waals surface area (Å²) in [6, 6.07) is 3.88. The Labute approximate surface area is 195 Å². The molecule has 0 saturated carbocycles. The number of alkyl halides is 2. The van der Waals surface area contributed by atoms with Gasteiger partial charge in [0.2, 0.25) is 11.8 Å². The van der Waals surface area contributed by atoms with Crippen molar-refractivity contribution in [2.75, 3.05) is 17.7 Å².